The SMILES string of the molecule is CN=C(NCc1ccnc(N2CCOC(C)C2)c1)NC1CC1. The molecule has 22 heavy (non-hydrogen) atoms. The highest BCUT2D eigenvalue weighted by molar-refractivity contribution is 5.80. The van der Waals surface area contributed by atoms with Crippen molar-refractivity contribution >= 4 is 11.8 Å². The average Bonchev–Trinajstić information content (AvgIpc) is 3.36. The number of pyridine rings is 1. The molecular formula is C16H25N5O. The van der Waals surface area contributed by atoms with Crippen LogP contribution in [0.15, 0.2) is 23.3 Å². The van der Waals surface area contributed by atoms with Crippen LogP contribution in [0.3, 0.4) is 0 Å². The number of rotatable bonds is 4. The number of nitrogens with zero attached hydrogens (tertiary/aromatic N) is 3. The van der Waals surface area contributed by atoms with Gasteiger partial charge in [0.05, 0.1) is 12.7 Å². The molecule has 0 bridgehead atoms. The predicted molar refractivity (Wildman–Crippen MR) is 88.2 cm³/mol. The molecule has 1 saturated heterocycles. The molecule has 2 fully saturated rings. The van der Waals surface area contributed by atoms with Crippen LogP contribution < -0.4 is 15.5 Å². The normalized spacial score (nSPS) is 22.5. The van der Waals surface area contributed by atoms with E-state index in [0.29, 0.717) is 6.04 Å². The number of ether oxygens (including phenoxy) is 1. The third kappa shape index (κ3) is 4.10. The molecule has 1 saturated carbocycles. The summed E-state index contributed by atoms with van der Waals surface area (Å²) in [5, 5.41) is 6.75. The first-order valence-corrected chi connectivity index (χ1v) is 8.03. The lowest BCUT2D eigenvalue weighted by atomic mass is 10.2. The third-order valence-electron chi connectivity index (χ3n) is 3.98. The molecule has 6 nitrogen and oxygen atoms in total. The topological polar surface area (TPSA) is 61.8 Å². The Hall–Kier alpha value is -1.82. The Morgan fingerprint density at radius 1 is 1.50 bits per heavy atom. The summed E-state index contributed by atoms with van der Waals surface area (Å²) in [4.78, 5) is 11.0. The van der Waals surface area contributed by atoms with E-state index in [1.54, 1.807) is 0 Å². The van der Waals surface area contributed by atoms with Gasteiger partial charge in [-0.15, -0.1) is 0 Å². The van der Waals surface area contributed by atoms with E-state index in [4.69, 9.17) is 4.74 Å². The first-order valence-electron chi connectivity index (χ1n) is 8.03. The van der Waals surface area contributed by atoms with Crippen molar-refractivity contribution in [2.75, 3.05) is 31.6 Å². The van der Waals surface area contributed by atoms with E-state index < -0.39 is 0 Å². The monoisotopic (exact) mass is 303 g/mol. The molecule has 2 aliphatic rings. The third-order valence-corrected chi connectivity index (χ3v) is 3.98. The molecule has 1 aliphatic heterocycles. The molecule has 0 spiro atoms. The first-order chi connectivity index (χ1) is 10.7. The minimum atomic E-state index is 0.263. The van der Waals surface area contributed by atoms with Gasteiger partial charge in [-0.2, -0.15) is 0 Å². The Kier molecular flexibility index (Phi) is 4.77. The Morgan fingerprint density at radius 3 is 3.09 bits per heavy atom. The number of anilines is 1. The van der Waals surface area contributed by atoms with Gasteiger partial charge in [0.1, 0.15) is 5.82 Å². The van der Waals surface area contributed by atoms with Gasteiger partial charge in [0.25, 0.3) is 0 Å². The summed E-state index contributed by atoms with van der Waals surface area (Å²) in [6, 6.07) is 4.80. The van der Waals surface area contributed by atoms with Crippen LogP contribution in [0.4, 0.5) is 5.82 Å². The van der Waals surface area contributed by atoms with E-state index in [1.807, 2.05) is 19.3 Å². The van der Waals surface area contributed by atoms with Gasteiger partial charge in [-0.05, 0) is 37.5 Å². The van der Waals surface area contributed by atoms with Crippen molar-refractivity contribution in [3.05, 3.63) is 23.9 Å². The van der Waals surface area contributed by atoms with Gasteiger partial charge in [-0.1, -0.05) is 0 Å². The predicted octanol–water partition coefficient (Wildman–Crippen LogP) is 1.13. The molecule has 1 aliphatic carbocycles. The van der Waals surface area contributed by atoms with Gasteiger partial charge >= 0.3 is 0 Å². The van der Waals surface area contributed by atoms with Crippen LogP contribution in [0, 0.1) is 0 Å². The molecule has 3 rings (SSSR count). The summed E-state index contributed by atoms with van der Waals surface area (Å²) in [7, 11) is 1.81. The summed E-state index contributed by atoms with van der Waals surface area (Å²) in [6.45, 7) is 5.42. The number of guanidine groups is 1. The Balaban J connectivity index is 1.58. The average molecular weight is 303 g/mol. The van der Waals surface area contributed by atoms with Crippen molar-refractivity contribution in [2.45, 2.75) is 38.5 Å². The highest BCUT2D eigenvalue weighted by Gasteiger charge is 2.22. The van der Waals surface area contributed by atoms with Crippen molar-refractivity contribution in [1.82, 2.24) is 15.6 Å². The molecule has 0 radical (unpaired) electrons. The molecule has 2 heterocycles. The van der Waals surface area contributed by atoms with Crippen molar-refractivity contribution in [3.63, 3.8) is 0 Å². The standard InChI is InChI=1S/C16H25N5O/c1-12-11-21(7-8-22-12)15-9-13(5-6-18-15)10-19-16(17-2)20-14-3-4-14/h5-6,9,12,14H,3-4,7-8,10-11H2,1-2H3,(H2,17,19,20). The molecule has 6 heteroatoms. The lowest BCUT2D eigenvalue weighted by Crippen LogP contribution is -2.41. The summed E-state index contributed by atoms with van der Waals surface area (Å²) in [5.41, 5.74) is 1.21. The maximum absolute atomic E-state index is 5.59. The Morgan fingerprint density at radius 2 is 2.36 bits per heavy atom. The summed E-state index contributed by atoms with van der Waals surface area (Å²) in [5.74, 6) is 1.90. The lowest BCUT2D eigenvalue weighted by molar-refractivity contribution is 0.0529. The molecule has 0 amide bonds. The van der Waals surface area contributed by atoms with Crippen LogP contribution in [0.5, 0.6) is 0 Å². The van der Waals surface area contributed by atoms with E-state index in [2.05, 4.69) is 38.5 Å². The molecule has 1 atom stereocenters. The van der Waals surface area contributed by atoms with Gasteiger partial charge in [0.15, 0.2) is 5.96 Å². The fourth-order valence-corrected chi connectivity index (χ4v) is 2.57. The van der Waals surface area contributed by atoms with Crippen molar-refractivity contribution in [3.8, 4) is 0 Å². The summed E-state index contributed by atoms with van der Waals surface area (Å²) in [6.07, 6.45) is 4.63. The first kappa shape index (κ1) is 15.1. The smallest absolute Gasteiger partial charge is 0.191 e. The lowest BCUT2D eigenvalue weighted by Gasteiger charge is -2.32. The number of nitrogens with one attached hydrogen (secondary N) is 2. The van der Waals surface area contributed by atoms with Crippen LogP contribution in [0.25, 0.3) is 0 Å². The highest BCUT2D eigenvalue weighted by atomic mass is 16.5. The van der Waals surface area contributed by atoms with Crippen LogP contribution >= 0.6 is 0 Å². The molecule has 1 aromatic heterocycles. The molecule has 2 N–H and O–H groups in total. The van der Waals surface area contributed by atoms with Crippen LogP contribution in [0.1, 0.15) is 25.3 Å². The van der Waals surface area contributed by atoms with E-state index in [-0.39, 0.29) is 6.10 Å². The van der Waals surface area contributed by atoms with Crippen LogP contribution in [0.2, 0.25) is 0 Å². The molecule has 120 valence electrons. The highest BCUT2D eigenvalue weighted by Crippen LogP contribution is 2.18. The van der Waals surface area contributed by atoms with Gasteiger partial charge in [-0.3, -0.25) is 4.99 Å². The fraction of sp³-hybridized carbons (Fsp3) is 0.625. The second-order valence-electron chi connectivity index (χ2n) is 5.99. The van der Waals surface area contributed by atoms with Crippen molar-refractivity contribution in [1.29, 1.82) is 0 Å². The van der Waals surface area contributed by atoms with E-state index >= 15 is 0 Å². The maximum atomic E-state index is 5.59. The minimum absolute atomic E-state index is 0.263. The molecule has 0 aromatic carbocycles. The van der Waals surface area contributed by atoms with Gasteiger partial charge in [-0.25, -0.2) is 4.98 Å². The van der Waals surface area contributed by atoms with Gasteiger partial charge in [0.2, 0.25) is 0 Å². The molecular weight excluding hydrogens is 278 g/mol. The largest absolute Gasteiger partial charge is 0.375 e. The zero-order valence-corrected chi connectivity index (χ0v) is 13.4. The van der Waals surface area contributed by atoms with Crippen molar-refractivity contribution in [2.24, 2.45) is 4.99 Å². The quantitative estimate of drug-likeness (QED) is 0.645. The van der Waals surface area contributed by atoms with Gasteiger partial charge in [0, 0.05) is 38.9 Å². The van der Waals surface area contributed by atoms with E-state index in [0.717, 1.165) is 38.0 Å². The second-order valence-corrected chi connectivity index (χ2v) is 5.99. The van der Waals surface area contributed by atoms with Crippen molar-refractivity contribution < 1.29 is 4.74 Å². The van der Waals surface area contributed by atoms with E-state index in [1.165, 1.54) is 18.4 Å². The molecule has 1 aromatic rings. The second kappa shape index (κ2) is 6.96. The zero-order valence-electron chi connectivity index (χ0n) is 13.4. The number of hydrogen-bond acceptors (Lipinski definition) is 4. The minimum Gasteiger partial charge on any atom is -0.375 e. The summed E-state index contributed by atoms with van der Waals surface area (Å²) < 4.78 is 5.59. The number of aliphatic imine (C=N–C) groups is 1. The van der Waals surface area contributed by atoms with Crippen LogP contribution in [-0.2, 0) is 11.3 Å². The Bertz CT molecular complexity index is 529. The number of aromatic nitrogens is 1. The number of hydrogen-bond donors (Lipinski definition) is 2. The molecule has 1 unspecified atom stereocenters. The zero-order chi connectivity index (χ0) is 15.4. The van der Waals surface area contributed by atoms with Crippen LogP contribution in [-0.4, -0.2) is 49.8 Å². The summed E-state index contributed by atoms with van der Waals surface area (Å²) >= 11 is 0. The van der Waals surface area contributed by atoms with E-state index in [9.17, 15) is 0 Å². The number of morpholine rings is 1. The Labute approximate surface area is 132 Å². The fourth-order valence-electron chi connectivity index (χ4n) is 2.57. The van der Waals surface area contributed by atoms with Gasteiger partial charge < -0.3 is 20.3 Å². The maximum Gasteiger partial charge on any atom is 0.191 e.